The number of amides is 1. The maximum atomic E-state index is 11.7. The van der Waals surface area contributed by atoms with Crippen molar-refractivity contribution in [2.24, 2.45) is 0 Å². The van der Waals surface area contributed by atoms with E-state index < -0.39 is 0 Å². The van der Waals surface area contributed by atoms with Crippen LogP contribution in [0.3, 0.4) is 0 Å². The first-order valence-electron chi connectivity index (χ1n) is 5.43. The lowest BCUT2D eigenvalue weighted by atomic mass is 10.0. The molecule has 0 aromatic heterocycles. The SMILES string of the molecule is CN1C(=O)Cc2cc(C(=O)CCC#N)ccc21. The largest absolute Gasteiger partial charge is 0.315 e. The molecule has 1 aromatic carbocycles. The van der Waals surface area contributed by atoms with Crippen LogP contribution in [-0.2, 0) is 11.2 Å². The van der Waals surface area contributed by atoms with Crippen LogP contribution >= 0.6 is 0 Å². The Bertz CT molecular complexity index is 529. The van der Waals surface area contributed by atoms with Crippen molar-refractivity contribution in [3.63, 3.8) is 0 Å². The molecule has 0 spiro atoms. The molecule has 1 aliphatic heterocycles. The van der Waals surface area contributed by atoms with Crippen LogP contribution in [0.5, 0.6) is 0 Å². The van der Waals surface area contributed by atoms with E-state index in [1.54, 1.807) is 30.1 Å². The summed E-state index contributed by atoms with van der Waals surface area (Å²) in [5.41, 5.74) is 2.34. The Balaban J connectivity index is 2.25. The van der Waals surface area contributed by atoms with Gasteiger partial charge in [-0.15, -0.1) is 0 Å². The molecule has 1 amide bonds. The molecular formula is C13H12N2O2. The van der Waals surface area contributed by atoms with Gasteiger partial charge in [0.2, 0.25) is 5.91 Å². The Labute approximate surface area is 99.5 Å². The third kappa shape index (κ3) is 2.04. The molecule has 0 saturated carbocycles. The van der Waals surface area contributed by atoms with Crippen LogP contribution in [0.2, 0.25) is 0 Å². The number of benzene rings is 1. The number of carbonyl (C=O) groups excluding carboxylic acids is 2. The molecule has 0 fully saturated rings. The van der Waals surface area contributed by atoms with Gasteiger partial charge in [0.1, 0.15) is 0 Å². The fourth-order valence-corrected chi connectivity index (χ4v) is 1.96. The minimum Gasteiger partial charge on any atom is -0.315 e. The van der Waals surface area contributed by atoms with Gasteiger partial charge in [-0.25, -0.2) is 0 Å². The van der Waals surface area contributed by atoms with E-state index in [1.165, 1.54) is 0 Å². The predicted octanol–water partition coefficient (Wildman–Crippen LogP) is 1.69. The zero-order valence-electron chi connectivity index (χ0n) is 9.56. The summed E-state index contributed by atoms with van der Waals surface area (Å²) in [5, 5.41) is 8.43. The van der Waals surface area contributed by atoms with Crippen molar-refractivity contribution in [2.75, 3.05) is 11.9 Å². The summed E-state index contributed by atoms with van der Waals surface area (Å²) in [4.78, 5) is 24.8. The zero-order chi connectivity index (χ0) is 12.4. The van der Waals surface area contributed by atoms with E-state index in [0.29, 0.717) is 12.0 Å². The summed E-state index contributed by atoms with van der Waals surface area (Å²) >= 11 is 0. The summed E-state index contributed by atoms with van der Waals surface area (Å²) in [6.45, 7) is 0. The Morgan fingerprint density at radius 2 is 2.29 bits per heavy atom. The van der Waals surface area contributed by atoms with Crippen LogP contribution in [0.4, 0.5) is 5.69 Å². The predicted molar refractivity (Wildman–Crippen MR) is 62.7 cm³/mol. The number of likely N-dealkylation sites (N-methyl/N-ethyl adjacent to an activating group) is 1. The monoisotopic (exact) mass is 228 g/mol. The summed E-state index contributed by atoms with van der Waals surface area (Å²) in [5.74, 6) is -0.00187. The van der Waals surface area contributed by atoms with Crippen LogP contribution < -0.4 is 4.90 Å². The highest BCUT2D eigenvalue weighted by atomic mass is 16.2. The van der Waals surface area contributed by atoms with Crippen LogP contribution in [0.1, 0.15) is 28.8 Å². The van der Waals surface area contributed by atoms with Gasteiger partial charge in [0.05, 0.1) is 12.5 Å². The normalized spacial score (nSPS) is 13.4. The highest BCUT2D eigenvalue weighted by Crippen LogP contribution is 2.28. The molecule has 2 rings (SSSR count). The quantitative estimate of drug-likeness (QED) is 0.739. The topological polar surface area (TPSA) is 61.2 Å². The number of Topliss-reactive ketones (excluding diaryl/α,β-unsaturated/α-hetero) is 1. The standard InChI is InChI=1S/C13H12N2O2/c1-15-11-5-4-9(12(16)3-2-6-14)7-10(11)8-13(15)17/h4-5,7H,2-3,8H2,1H3. The number of ketones is 1. The van der Waals surface area contributed by atoms with Crippen LogP contribution in [0, 0.1) is 11.3 Å². The van der Waals surface area contributed by atoms with Gasteiger partial charge in [-0.05, 0) is 23.8 Å². The zero-order valence-corrected chi connectivity index (χ0v) is 9.56. The van der Waals surface area contributed by atoms with E-state index in [4.69, 9.17) is 5.26 Å². The smallest absolute Gasteiger partial charge is 0.231 e. The van der Waals surface area contributed by atoms with Crippen molar-refractivity contribution in [2.45, 2.75) is 19.3 Å². The average molecular weight is 228 g/mol. The molecule has 4 nitrogen and oxygen atoms in total. The molecule has 86 valence electrons. The van der Waals surface area contributed by atoms with Gasteiger partial charge in [-0.1, -0.05) is 0 Å². The molecule has 0 aliphatic carbocycles. The van der Waals surface area contributed by atoms with E-state index in [0.717, 1.165) is 11.3 Å². The molecule has 0 unspecified atom stereocenters. The fourth-order valence-electron chi connectivity index (χ4n) is 1.96. The number of hydrogen-bond donors (Lipinski definition) is 0. The second kappa shape index (κ2) is 4.38. The van der Waals surface area contributed by atoms with E-state index in [9.17, 15) is 9.59 Å². The highest BCUT2D eigenvalue weighted by Gasteiger charge is 2.24. The van der Waals surface area contributed by atoms with Gasteiger partial charge in [-0.2, -0.15) is 5.26 Å². The molecule has 4 heteroatoms. The maximum Gasteiger partial charge on any atom is 0.231 e. The molecule has 1 aliphatic rings. The summed E-state index contributed by atoms with van der Waals surface area (Å²) in [6.07, 6.45) is 0.818. The molecule has 0 radical (unpaired) electrons. The Morgan fingerprint density at radius 1 is 1.53 bits per heavy atom. The van der Waals surface area contributed by atoms with Crippen molar-refractivity contribution in [3.05, 3.63) is 29.3 Å². The lowest BCUT2D eigenvalue weighted by Gasteiger charge is -2.10. The second-order valence-corrected chi connectivity index (χ2v) is 4.05. The first kappa shape index (κ1) is 11.3. The number of carbonyl (C=O) groups is 2. The molecule has 1 heterocycles. The molecule has 17 heavy (non-hydrogen) atoms. The highest BCUT2D eigenvalue weighted by molar-refractivity contribution is 6.03. The summed E-state index contributed by atoms with van der Waals surface area (Å²) in [7, 11) is 1.73. The van der Waals surface area contributed by atoms with Crippen molar-refractivity contribution in [1.82, 2.24) is 0 Å². The van der Waals surface area contributed by atoms with E-state index in [2.05, 4.69) is 0 Å². The number of anilines is 1. The van der Waals surface area contributed by atoms with Gasteiger partial charge < -0.3 is 4.90 Å². The van der Waals surface area contributed by atoms with E-state index in [1.807, 2.05) is 6.07 Å². The Hall–Kier alpha value is -2.15. The van der Waals surface area contributed by atoms with Crippen molar-refractivity contribution >= 4 is 17.4 Å². The van der Waals surface area contributed by atoms with Crippen LogP contribution in [0.25, 0.3) is 0 Å². The molecule has 1 aromatic rings. The first-order chi connectivity index (χ1) is 8.13. The third-order valence-corrected chi connectivity index (χ3v) is 2.94. The minimum atomic E-state index is -0.0450. The van der Waals surface area contributed by atoms with Crippen molar-refractivity contribution < 1.29 is 9.59 Å². The van der Waals surface area contributed by atoms with Crippen LogP contribution in [-0.4, -0.2) is 18.7 Å². The van der Waals surface area contributed by atoms with E-state index >= 15 is 0 Å². The van der Waals surface area contributed by atoms with E-state index in [-0.39, 0.29) is 24.5 Å². The number of hydrogen-bond acceptors (Lipinski definition) is 3. The second-order valence-electron chi connectivity index (χ2n) is 4.05. The summed E-state index contributed by atoms with van der Waals surface area (Å²) in [6, 6.07) is 7.22. The minimum absolute atomic E-state index is 0.0432. The first-order valence-corrected chi connectivity index (χ1v) is 5.43. The van der Waals surface area contributed by atoms with Gasteiger partial charge in [0, 0.05) is 31.1 Å². The lowest BCUT2D eigenvalue weighted by molar-refractivity contribution is -0.117. The third-order valence-electron chi connectivity index (χ3n) is 2.94. The maximum absolute atomic E-state index is 11.7. The molecule has 0 saturated heterocycles. The Morgan fingerprint density at radius 3 is 3.00 bits per heavy atom. The molecule has 0 bridgehead atoms. The molecular weight excluding hydrogens is 216 g/mol. The molecule has 0 N–H and O–H groups in total. The number of rotatable bonds is 3. The Kier molecular flexibility index (Phi) is 2.92. The van der Waals surface area contributed by atoms with Gasteiger partial charge in [-0.3, -0.25) is 9.59 Å². The van der Waals surface area contributed by atoms with Gasteiger partial charge in [0.15, 0.2) is 5.78 Å². The molecule has 0 atom stereocenters. The van der Waals surface area contributed by atoms with Crippen molar-refractivity contribution in [3.8, 4) is 6.07 Å². The average Bonchev–Trinajstić information content (AvgIpc) is 2.61. The van der Waals surface area contributed by atoms with Crippen LogP contribution in [0.15, 0.2) is 18.2 Å². The number of nitrogens with zero attached hydrogens (tertiary/aromatic N) is 2. The summed E-state index contributed by atoms with van der Waals surface area (Å²) < 4.78 is 0. The van der Waals surface area contributed by atoms with Gasteiger partial charge in [0.25, 0.3) is 0 Å². The van der Waals surface area contributed by atoms with Gasteiger partial charge >= 0.3 is 0 Å². The number of nitriles is 1. The number of fused-ring (bicyclic) bond motifs is 1. The lowest BCUT2D eigenvalue weighted by Crippen LogP contribution is -2.20. The van der Waals surface area contributed by atoms with Crippen molar-refractivity contribution in [1.29, 1.82) is 5.26 Å². The fraction of sp³-hybridized carbons (Fsp3) is 0.308.